The Hall–Kier alpha value is -5.05. The van der Waals surface area contributed by atoms with Gasteiger partial charge in [0.15, 0.2) is 5.54 Å². The molecule has 1 fully saturated rings. The minimum atomic E-state index is -2.82. The molecule has 0 spiro atoms. The number of amides is 4. The molecule has 1 unspecified atom stereocenters. The van der Waals surface area contributed by atoms with Gasteiger partial charge in [0, 0.05) is 17.8 Å². The molecule has 5 rings (SSSR count). The first-order chi connectivity index (χ1) is 22.6. The van der Waals surface area contributed by atoms with Gasteiger partial charge >= 0.3 is 18.7 Å². The van der Waals surface area contributed by atoms with Crippen LogP contribution in [0.1, 0.15) is 74.1 Å². The van der Waals surface area contributed by atoms with Crippen molar-refractivity contribution in [3.63, 3.8) is 0 Å². The van der Waals surface area contributed by atoms with Crippen molar-refractivity contribution in [1.82, 2.24) is 25.3 Å². The predicted molar refractivity (Wildman–Crippen MR) is 170 cm³/mol. The van der Waals surface area contributed by atoms with Crippen LogP contribution in [-0.2, 0) is 15.1 Å². The summed E-state index contributed by atoms with van der Waals surface area (Å²) in [6, 6.07) is 9.52. The molecule has 13 nitrogen and oxygen atoms in total. The lowest BCUT2D eigenvalue weighted by Crippen LogP contribution is -2.49. The summed E-state index contributed by atoms with van der Waals surface area (Å²) in [5.74, 6) is -1.84. The smallest absolute Gasteiger partial charge is 0.411 e. The molecule has 3 aromatic rings. The average molecular weight is 686 g/mol. The summed E-state index contributed by atoms with van der Waals surface area (Å²) in [6.07, 6.45) is 1.92. The molecular formula is C32H34ClF2N7O6. The number of halogens is 3. The zero-order valence-electron chi connectivity index (χ0n) is 26.2. The number of rotatable bonds is 10. The van der Waals surface area contributed by atoms with E-state index in [1.165, 1.54) is 30.6 Å². The lowest BCUT2D eigenvalue weighted by molar-refractivity contribution is -0.135. The highest BCUT2D eigenvalue weighted by atomic mass is 35.5. The molecule has 1 aromatic heterocycles. The van der Waals surface area contributed by atoms with E-state index in [0.29, 0.717) is 21.4 Å². The van der Waals surface area contributed by atoms with Gasteiger partial charge in [-0.25, -0.2) is 19.3 Å². The van der Waals surface area contributed by atoms with Crippen molar-refractivity contribution in [1.29, 1.82) is 0 Å². The van der Waals surface area contributed by atoms with Crippen molar-refractivity contribution in [2.24, 2.45) is 16.1 Å². The van der Waals surface area contributed by atoms with Crippen LogP contribution in [0.25, 0.3) is 11.1 Å². The second kappa shape index (κ2) is 13.2. The summed E-state index contributed by atoms with van der Waals surface area (Å²) in [4.78, 5) is 57.6. The molecule has 0 radical (unpaired) electrons. The van der Waals surface area contributed by atoms with Gasteiger partial charge in [-0.1, -0.05) is 62.7 Å². The number of hydrogen-bond acceptors (Lipinski definition) is 7. The zero-order valence-corrected chi connectivity index (χ0v) is 27.0. The molecule has 1 aliphatic heterocycles. The van der Waals surface area contributed by atoms with Gasteiger partial charge in [-0.15, -0.1) is 0 Å². The molecule has 0 saturated heterocycles. The Morgan fingerprint density at radius 1 is 1.15 bits per heavy atom. The highest BCUT2D eigenvalue weighted by Crippen LogP contribution is 2.45. The molecule has 254 valence electrons. The summed E-state index contributed by atoms with van der Waals surface area (Å²) >= 11 is 6.21. The number of aliphatic imine (C=N–C) groups is 1. The molecule has 4 amide bonds. The Morgan fingerprint density at radius 2 is 1.83 bits per heavy atom. The minimum Gasteiger partial charge on any atom is -0.465 e. The first-order valence-electron chi connectivity index (χ1n) is 15.0. The lowest BCUT2D eigenvalue weighted by atomic mass is 9.75. The number of carbonyl (C=O) groups is 4. The summed E-state index contributed by atoms with van der Waals surface area (Å²) in [5.41, 5.74) is 4.86. The number of alkyl carbamates (subject to hydrolysis) is 1. The van der Waals surface area contributed by atoms with E-state index in [-0.39, 0.29) is 34.6 Å². The summed E-state index contributed by atoms with van der Waals surface area (Å²) in [5, 5.41) is 18.5. The van der Waals surface area contributed by atoms with Crippen LogP contribution in [0.3, 0.4) is 0 Å². The first-order valence-corrected chi connectivity index (χ1v) is 15.3. The second-order valence-electron chi connectivity index (χ2n) is 12.8. The fourth-order valence-electron chi connectivity index (χ4n) is 5.61. The molecule has 1 saturated carbocycles. The zero-order chi connectivity index (χ0) is 35.0. The van der Waals surface area contributed by atoms with E-state index >= 15 is 0 Å². The topological polar surface area (TPSA) is 181 Å². The Balaban J connectivity index is 1.61. The fraction of sp³-hybridized carbons (Fsp3) is 0.375. The van der Waals surface area contributed by atoms with Gasteiger partial charge in [0.25, 0.3) is 5.91 Å². The van der Waals surface area contributed by atoms with Gasteiger partial charge in [0.05, 0.1) is 22.8 Å². The summed E-state index contributed by atoms with van der Waals surface area (Å²) < 4.78 is 32.3. The van der Waals surface area contributed by atoms with Crippen LogP contribution in [0.5, 0.6) is 0 Å². The first kappa shape index (κ1) is 34.3. The number of nitrogens with zero attached hydrogens (tertiary/aromatic N) is 4. The maximum atomic E-state index is 14.9. The molecule has 2 aliphatic rings. The van der Waals surface area contributed by atoms with Crippen LogP contribution in [0.15, 0.2) is 59.9 Å². The SMILES string of the molecule is CC(C)(C)C[C@]1(c2ccc(-c3cnn(C(F)F)c3)cc2)N=C(NC(=O)O)N(C(COC(=O)NC2CC2)c2ccc(Cl)c(C(N)=O)c2)C1=O. The normalized spacial score (nSPS) is 18.4. The number of ether oxygens (including phenoxy) is 1. The van der Waals surface area contributed by atoms with E-state index in [1.807, 2.05) is 20.8 Å². The van der Waals surface area contributed by atoms with E-state index in [2.05, 4.69) is 15.7 Å². The third-order valence-corrected chi connectivity index (χ3v) is 8.15. The number of carbonyl (C=O) groups excluding carboxylic acids is 3. The summed E-state index contributed by atoms with van der Waals surface area (Å²) in [7, 11) is 0. The molecule has 0 bridgehead atoms. The lowest BCUT2D eigenvalue weighted by Gasteiger charge is -2.35. The number of alkyl halides is 2. The van der Waals surface area contributed by atoms with Gasteiger partial charge in [0.2, 0.25) is 11.9 Å². The Bertz CT molecular complexity index is 1770. The van der Waals surface area contributed by atoms with E-state index < -0.39 is 54.2 Å². The highest BCUT2D eigenvalue weighted by molar-refractivity contribution is 6.33. The van der Waals surface area contributed by atoms with Gasteiger partial charge in [-0.05, 0) is 53.5 Å². The number of benzene rings is 2. The largest absolute Gasteiger partial charge is 0.465 e. The number of guanidine groups is 1. The Morgan fingerprint density at radius 3 is 2.40 bits per heavy atom. The van der Waals surface area contributed by atoms with Crippen molar-refractivity contribution in [3.05, 3.63) is 76.6 Å². The average Bonchev–Trinajstić information content (AvgIpc) is 3.59. The van der Waals surface area contributed by atoms with Crippen molar-refractivity contribution in [2.75, 3.05) is 6.61 Å². The molecule has 2 heterocycles. The number of aromatic nitrogens is 2. The van der Waals surface area contributed by atoms with Crippen LogP contribution in [0.4, 0.5) is 18.4 Å². The molecule has 5 N–H and O–H groups in total. The van der Waals surface area contributed by atoms with Gasteiger partial charge in [-0.2, -0.15) is 13.9 Å². The minimum absolute atomic E-state index is 0.0284. The molecule has 48 heavy (non-hydrogen) atoms. The maximum Gasteiger partial charge on any atom is 0.411 e. The number of nitrogens with two attached hydrogens (primary N) is 1. The van der Waals surface area contributed by atoms with Crippen molar-refractivity contribution >= 4 is 41.6 Å². The molecule has 1 aliphatic carbocycles. The second-order valence-corrected chi connectivity index (χ2v) is 13.2. The van der Waals surface area contributed by atoms with Crippen LogP contribution >= 0.6 is 11.6 Å². The van der Waals surface area contributed by atoms with Crippen LogP contribution in [0, 0.1) is 5.41 Å². The highest BCUT2D eigenvalue weighted by Gasteiger charge is 2.54. The predicted octanol–water partition coefficient (Wildman–Crippen LogP) is 5.42. The maximum absolute atomic E-state index is 14.9. The van der Waals surface area contributed by atoms with E-state index in [0.717, 1.165) is 17.7 Å². The van der Waals surface area contributed by atoms with E-state index in [4.69, 9.17) is 27.1 Å². The third kappa shape index (κ3) is 7.40. The molecule has 16 heteroatoms. The number of nitrogens with one attached hydrogen (secondary N) is 2. The van der Waals surface area contributed by atoms with Gasteiger partial charge in [-0.3, -0.25) is 19.8 Å². The van der Waals surface area contributed by atoms with Gasteiger partial charge < -0.3 is 20.9 Å². The quantitative estimate of drug-likeness (QED) is 0.220. The van der Waals surface area contributed by atoms with E-state index in [9.17, 15) is 33.1 Å². The standard InChI is InChI=1S/C32H34ClF2N7O6/c1-31(2,3)16-32(20-7-4-17(5-8-20)19-13-37-41(14-19)27(34)35)26(44)42(28(40-32)39-29(45)46)24(15-48-30(47)38-21-9-10-21)18-6-11-23(33)22(12-18)25(36)43/h4-8,11-14,21,24,27H,9-10,15-16H2,1-3H3,(H2,36,43)(H,38,47)(H,39,40)(H,45,46)/t24?,32-/m1/s1. The number of carboxylic acid groups (broad SMARTS) is 1. The monoisotopic (exact) mass is 685 g/mol. The van der Waals surface area contributed by atoms with Crippen LogP contribution in [-0.4, -0.2) is 62.4 Å². The van der Waals surface area contributed by atoms with Crippen LogP contribution < -0.4 is 16.4 Å². The fourth-order valence-corrected chi connectivity index (χ4v) is 5.82. The third-order valence-electron chi connectivity index (χ3n) is 7.82. The molecule has 2 aromatic carbocycles. The number of hydrogen-bond donors (Lipinski definition) is 4. The van der Waals surface area contributed by atoms with Crippen molar-refractivity contribution in [3.8, 4) is 11.1 Å². The molecule has 2 atom stereocenters. The number of primary amides is 1. The Kier molecular flexibility index (Phi) is 9.44. The summed E-state index contributed by atoms with van der Waals surface area (Å²) in [6.45, 7) is 2.39. The van der Waals surface area contributed by atoms with E-state index in [1.54, 1.807) is 24.3 Å². The van der Waals surface area contributed by atoms with Crippen LogP contribution in [0.2, 0.25) is 5.02 Å². The molecular weight excluding hydrogens is 652 g/mol. The van der Waals surface area contributed by atoms with Crippen molar-refractivity contribution in [2.45, 2.75) is 64.2 Å². The Labute approximate surface area is 279 Å². The van der Waals surface area contributed by atoms with Gasteiger partial charge in [0.1, 0.15) is 6.61 Å². The van der Waals surface area contributed by atoms with Crippen molar-refractivity contribution < 1.29 is 37.8 Å².